The average Bonchev–Trinajstić information content (AvgIpc) is 2.79. The summed E-state index contributed by atoms with van der Waals surface area (Å²) in [5.74, 6) is 1.15. The summed E-state index contributed by atoms with van der Waals surface area (Å²) in [6.45, 7) is 0. The van der Waals surface area contributed by atoms with E-state index in [4.69, 9.17) is 16.3 Å². The maximum absolute atomic E-state index is 13.0. The van der Waals surface area contributed by atoms with E-state index >= 15 is 0 Å². The molecule has 1 atom stereocenters. The molecule has 0 radical (unpaired) electrons. The zero-order valence-corrected chi connectivity index (χ0v) is 19.6. The quantitative estimate of drug-likeness (QED) is 0.503. The molecule has 1 aliphatic rings. The topological polar surface area (TPSA) is 84.5 Å². The first-order chi connectivity index (χ1) is 15.4. The molecule has 166 valence electrons. The molecule has 32 heavy (non-hydrogen) atoms. The first-order valence-corrected chi connectivity index (χ1v) is 12.7. The molecular formula is C23H21ClN2O4S2. The number of carbonyl (C=O) groups excluding carboxylic acids is 1. The van der Waals surface area contributed by atoms with Gasteiger partial charge >= 0.3 is 0 Å². The van der Waals surface area contributed by atoms with Gasteiger partial charge in [-0.25, -0.2) is 8.42 Å². The van der Waals surface area contributed by atoms with Gasteiger partial charge in [-0.2, -0.15) is 0 Å². The molecule has 1 unspecified atom stereocenters. The van der Waals surface area contributed by atoms with Crippen LogP contribution in [0.15, 0.2) is 76.5 Å². The Morgan fingerprint density at radius 1 is 1.09 bits per heavy atom. The van der Waals surface area contributed by atoms with Crippen molar-refractivity contribution in [2.75, 3.05) is 17.6 Å². The molecular weight excluding hydrogens is 468 g/mol. The van der Waals surface area contributed by atoms with Crippen LogP contribution < -0.4 is 14.8 Å². The highest BCUT2D eigenvalue weighted by Gasteiger charge is 2.24. The molecule has 1 heterocycles. The van der Waals surface area contributed by atoms with Crippen LogP contribution in [0.5, 0.6) is 5.75 Å². The van der Waals surface area contributed by atoms with Gasteiger partial charge in [-0.05, 0) is 60.5 Å². The minimum atomic E-state index is -4.01. The van der Waals surface area contributed by atoms with Gasteiger partial charge in [-0.1, -0.05) is 29.8 Å². The van der Waals surface area contributed by atoms with E-state index in [0.29, 0.717) is 11.4 Å². The molecule has 0 spiro atoms. The van der Waals surface area contributed by atoms with Crippen molar-refractivity contribution in [1.29, 1.82) is 0 Å². The fraction of sp³-hybridized carbons (Fsp3) is 0.174. The van der Waals surface area contributed by atoms with Crippen LogP contribution in [0.3, 0.4) is 0 Å². The van der Waals surface area contributed by atoms with E-state index in [2.05, 4.69) is 10.0 Å². The second-order valence-corrected chi connectivity index (χ2v) is 10.4. The number of methoxy groups -OCH3 is 1. The third-order valence-electron chi connectivity index (χ3n) is 5.09. The molecule has 3 aromatic rings. The zero-order valence-electron chi connectivity index (χ0n) is 17.2. The molecule has 0 bridgehead atoms. The van der Waals surface area contributed by atoms with Crippen LogP contribution in [0.2, 0.25) is 5.02 Å². The molecule has 9 heteroatoms. The van der Waals surface area contributed by atoms with Gasteiger partial charge in [0, 0.05) is 21.9 Å². The molecule has 0 aliphatic carbocycles. The average molecular weight is 489 g/mol. The Bertz CT molecular complexity index is 1250. The number of hydrogen-bond acceptors (Lipinski definition) is 5. The summed E-state index contributed by atoms with van der Waals surface area (Å²) < 4.78 is 33.5. The summed E-state index contributed by atoms with van der Waals surface area (Å²) in [6.07, 6.45) is 0.797. The van der Waals surface area contributed by atoms with Crippen molar-refractivity contribution in [3.05, 3.63) is 82.9 Å². The zero-order chi connectivity index (χ0) is 22.7. The second-order valence-electron chi connectivity index (χ2n) is 7.18. The van der Waals surface area contributed by atoms with Crippen LogP contribution in [0.4, 0.5) is 5.69 Å². The number of sulfonamides is 1. The van der Waals surface area contributed by atoms with E-state index in [9.17, 15) is 13.2 Å². The van der Waals surface area contributed by atoms with Gasteiger partial charge in [0.2, 0.25) is 0 Å². The smallest absolute Gasteiger partial charge is 0.263 e. The Labute approximate surface area is 196 Å². The predicted molar refractivity (Wildman–Crippen MR) is 127 cm³/mol. The Kier molecular flexibility index (Phi) is 6.64. The molecule has 0 fully saturated rings. The van der Waals surface area contributed by atoms with E-state index in [1.807, 2.05) is 24.3 Å². The van der Waals surface area contributed by atoms with Crippen molar-refractivity contribution in [1.82, 2.24) is 5.32 Å². The third-order valence-corrected chi connectivity index (χ3v) is 8.07. The van der Waals surface area contributed by atoms with Crippen molar-refractivity contribution in [3.63, 3.8) is 0 Å². The van der Waals surface area contributed by atoms with Crippen LogP contribution in [0.1, 0.15) is 28.4 Å². The summed E-state index contributed by atoms with van der Waals surface area (Å²) in [5.41, 5.74) is 1.65. The third kappa shape index (κ3) is 4.87. The highest BCUT2D eigenvalue weighted by atomic mass is 35.5. The highest BCUT2D eigenvalue weighted by Crippen LogP contribution is 2.36. The lowest BCUT2D eigenvalue weighted by Crippen LogP contribution is -2.30. The first-order valence-electron chi connectivity index (χ1n) is 9.86. The largest absolute Gasteiger partial charge is 0.497 e. The maximum Gasteiger partial charge on any atom is 0.263 e. The van der Waals surface area contributed by atoms with E-state index in [1.54, 1.807) is 36.0 Å². The van der Waals surface area contributed by atoms with Gasteiger partial charge in [-0.15, -0.1) is 11.8 Å². The number of hydrogen-bond donors (Lipinski definition) is 2. The molecule has 3 aromatic carbocycles. The molecule has 0 saturated heterocycles. The molecule has 0 aromatic heterocycles. The minimum Gasteiger partial charge on any atom is -0.497 e. The Morgan fingerprint density at radius 3 is 2.59 bits per heavy atom. The summed E-state index contributed by atoms with van der Waals surface area (Å²) in [4.78, 5) is 13.9. The van der Waals surface area contributed by atoms with Gasteiger partial charge < -0.3 is 10.1 Å². The summed E-state index contributed by atoms with van der Waals surface area (Å²) in [6, 6.07) is 18.5. The fourth-order valence-electron chi connectivity index (χ4n) is 3.45. The second kappa shape index (κ2) is 9.44. The summed E-state index contributed by atoms with van der Waals surface area (Å²) in [7, 11) is -2.48. The summed E-state index contributed by atoms with van der Waals surface area (Å²) >= 11 is 7.95. The van der Waals surface area contributed by atoms with Crippen LogP contribution in [-0.4, -0.2) is 27.2 Å². The SMILES string of the molecule is COc1ccc(NS(=O)(=O)c2cc(C(=O)NC3CCSc4ccccc43)ccc2Cl)cc1. The molecule has 0 saturated carbocycles. The minimum absolute atomic E-state index is 0.0296. The Balaban J connectivity index is 1.56. The van der Waals surface area contributed by atoms with Crippen LogP contribution >= 0.6 is 23.4 Å². The monoisotopic (exact) mass is 488 g/mol. The molecule has 1 amide bonds. The van der Waals surface area contributed by atoms with Crippen molar-refractivity contribution in [3.8, 4) is 5.75 Å². The number of fused-ring (bicyclic) bond motifs is 1. The van der Waals surface area contributed by atoms with E-state index < -0.39 is 10.0 Å². The van der Waals surface area contributed by atoms with Crippen molar-refractivity contribution in [2.24, 2.45) is 0 Å². The summed E-state index contributed by atoms with van der Waals surface area (Å²) in [5, 5.41) is 3.06. The molecule has 4 rings (SSSR count). The number of ether oxygens (including phenoxy) is 1. The number of rotatable bonds is 6. The lowest BCUT2D eigenvalue weighted by molar-refractivity contribution is 0.0934. The Hall–Kier alpha value is -2.68. The van der Waals surface area contributed by atoms with E-state index in [1.165, 1.54) is 25.3 Å². The maximum atomic E-state index is 13.0. The molecule has 1 aliphatic heterocycles. The van der Waals surface area contributed by atoms with E-state index in [-0.39, 0.29) is 27.4 Å². The standard InChI is InChI=1S/C23H21ClN2O4S2/c1-30-17-9-7-16(8-10-17)26-32(28,29)22-14-15(6-11-19(22)24)23(27)25-20-12-13-31-21-5-3-2-4-18(20)21/h2-11,14,20,26H,12-13H2,1H3,(H,25,27). The number of thioether (sulfide) groups is 1. The number of halogens is 1. The van der Waals surface area contributed by atoms with Crippen molar-refractivity contribution >= 4 is 45.0 Å². The van der Waals surface area contributed by atoms with Gasteiger partial charge in [0.05, 0.1) is 18.2 Å². The van der Waals surface area contributed by atoms with Crippen LogP contribution in [-0.2, 0) is 10.0 Å². The van der Waals surface area contributed by atoms with Gasteiger partial charge in [0.25, 0.3) is 15.9 Å². The Morgan fingerprint density at radius 2 is 1.84 bits per heavy atom. The van der Waals surface area contributed by atoms with Crippen LogP contribution in [0.25, 0.3) is 0 Å². The number of benzene rings is 3. The van der Waals surface area contributed by atoms with Gasteiger partial charge in [0.15, 0.2) is 0 Å². The molecule has 6 nitrogen and oxygen atoms in total. The van der Waals surface area contributed by atoms with Gasteiger partial charge in [0.1, 0.15) is 10.6 Å². The predicted octanol–water partition coefficient (Wildman–Crippen LogP) is 5.12. The highest BCUT2D eigenvalue weighted by molar-refractivity contribution is 7.99. The number of anilines is 1. The molecule has 2 N–H and O–H groups in total. The normalized spacial score (nSPS) is 15.5. The van der Waals surface area contributed by atoms with E-state index in [0.717, 1.165) is 22.6 Å². The van der Waals surface area contributed by atoms with Crippen molar-refractivity contribution < 1.29 is 17.9 Å². The number of amides is 1. The van der Waals surface area contributed by atoms with Gasteiger partial charge in [-0.3, -0.25) is 9.52 Å². The number of nitrogens with one attached hydrogen (secondary N) is 2. The van der Waals surface area contributed by atoms with Crippen LogP contribution in [0, 0.1) is 0 Å². The lowest BCUT2D eigenvalue weighted by Gasteiger charge is -2.26. The first kappa shape index (κ1) is 22.5. The lowest BCUT2D eigenvalue weighted by atomic mass is 10.0. The number of carbonyl (C=O) groups is 1. The fourth-order valence-corrected chi connectivity index (χ4v) is 6.16. The van der Waals surface area contributed by atoms with Crippen molar-refractivity contribution in [2.45, 2.75) is 22.3 Å².